The summed E-state index contributed by atoms with van der Waals surface area (Å²) in [4.78, 5) is 75.4. The number of rotatable bonds is 4. The number of nitrogens with zero attached hydrogens (tertiary/aromatic N) is 2. The van der Waals surface area contributed by atoms with Crippen molar-refractivity contribution in [1.29, 1.82) is 0 Å². The van der Waals surface area contributed by atoms with Crippen LogP contribution in [0.5, 0.6) is 0 Å². The second-order valence-electron chi connectivity index (χ2n) is 13.3. The predicted octanol–water partition coefficient (Wildman–Crippen LogP) is 1.94. The second kappa shape index (κ2) is 14.6. The Labute approximate surface area is 279 Å². The van der Waals surface area contributed by atoms with Gasteiger partial charge in [0.1, 0.15) is 18.1 Å². The Hall–Kier alpha value is -4.71. The molecule has 5 atom stereocenters. The summed E-state index contributed by atoms with van der Waals surface area (Å²) in [5, 5.41) is 20.1. The molecular formula is C36H44N6O6. The van der Waals surface area contributed by atoms with Gasteiger partial charge < -0.3 is 35.8 Å². The van der Waals surface area contributed by atoms with E-state index in [4.69, 9.17) is 0 Å². The standard InChI is InChI=1S/C36H44N6O6/c1-22-33(45)40-30(23-10-4-2-5-11-23)20-41(35(47)24-12-6-3-7-13-24)21-32(44)39-29(16-25-18-37-28-15-9-8-14-27(25)28)36(48)42-19-26(43)17-31(42)34(46)38-22/h2,4-5,8-11,14-15,18,22,24,26,29-31,37,43H,3,6-7,12-13,16-17,19-21H2,1H3,(H,38,46)(H,39,44)(H,40,45)/t22-,26+,29+,30-,31-/m0/s1. The maximum absolute atomic E-state index is 14.3. The van der Waals surface area contributed by atoms with Crippen molar-refractivity contribution in [3.63, 3.8) is 0 Å². The summed E-state index contributed by atoms with van der Waals surface area (Å²) in [6.07, 6.45) is 5.32. The number of amides is 5. The lowest BCUT2D eigenvalue weighted by Crippen LogP contribution is -2.56. The molecule has 48 heavy (non-hydrogen) atoms. The van der Waals surface area contributed by atoms with Crippen molar-refractivity contribution in [2.75, 3.05) is 19.6 Å². The lowest BCUT2D eigenvalue weighted by molar-refractivity contribution is -0.143. The van der Waals surface area contributed by atoms with E-state index in [-0.39, 0.29) is 44.3 Å². The summed E-state index contributed by atoms with van der Waals surface area (Å²) < 4.78 is 0. The zero-order valence-electron chi connectivity index (χ0n) is 27.2. The molecule has 1 aromatic heterocycles. The minimum atomic E-state index is -1.09. The van der Waals surface area contributed by atoms with Crippen LogP contribution in [0.3, 0.4) is 0 Å². The fourth-order valence-electron chi connectivity index (χ4n) is 7.29. The van der Waals surface area contributed by atoms with Crippen LogP contribution in [-0.2, 0) is 30.4 Å². The minimum Gasteiger partial charge on any atom is -0.391 e. The summed E-state index contributed by atoms with van der Waals surface area (Å²) in [7, 11) is 0. The van der Waals surface area contributed by atoms with Crippen LogP contribution in [0.1, 0.15) is 62.6 Å². The van der Waals surface area contributed by atoms with Gasteiger partial charge in [-0.25, -0.2) is 0 Å². The van der Waals surface area contributed by atoms with E-state index >= 15 is 0 Å². The van der Waals surface area contributed by atoms with Crippen LogP contribution in [-0.4, -0.2) is 93.3 Å². The molecule has 254 valence electrons. The molecule has 6 rings (SSSR count). The van der Waals surface area contributed by atoms with Crippen LogP contribution in [0.4, 0.5) is 0 Å². The number of aliphatic hydroxyl groups excluding tert-OH is 1. The Morgan fingerprint density at radius 2 is 1.60 bits per heavy atom. The van der Waals surface area contributed by atoms with Gasteiger partial charge in [0, 0.05) is 48.9 Å². The number of H-pyrrole nitrogens is 1. The third kappa shape index (κ3) is 7.38. The molecule has 3 fully saturated rings. The van der Waals surface area contributed by atoms with Crippen molar-refractivity contribution < 1.29 is 29.1 Å². The van der Waals surface area contributed by atoms with Gasteiger partial charge in [-0.1, -0.05) is 67.8 Å². The Morgan fingerprint density at radius 1 is 0.875 bits per heavy atom. The molecule has 3 aromatic rings. The summed E-state index contributed by atoms with van der Waals surface area (Å²) in [6.45, 7) is 1.17. The topological polar surface area (TPSA) is 164 Å². The van der Waals surface area contributed by atoms with E-state index in [0.717, 1.165) is 54.1 Å². The third-order valence-corrected chi connectivity index (χ3v) is 9.87. The highest BCUT2D eigenvalue weighted by molar-refractivity contribution is 5.96. The highest BCUT2D eigenvalue weighted by Gasteiger charge is 2.43. The SMILES string of the molecule is C[C@@H]1NC(=O)[C@@H]2C[C@@H](O)CN2C(=O)[C@@H](Cc2c[nH]c3ccccc23)NC(=O)CN(C(=O)C2CCCCC2)C[C@@H](c2ccccc2)NC1=O. The van der Waals surface area contributed by atoms with E-state index in [1.54, 1.807) is 13.1 Å². The predicted molar refractivity (Wildman–Crippen MR) is 178 cm³/mol. The van der Waals surface area contributed by atoms with Crippen LogP contribution in [0.25, 0.3) is 10.9 Å². The van der Waals surface area contributed by atoms with Gasteiger partial charge in [-0.3, -0.25) is 24.0 Å². The van der Waals surface area contributed by atoms with Gasteiger partial charge in [-0.15, -0.1) is 0 Å². The fourth-order valence-corrected chi connectivity index (χ4v) is 7.29. The maximum Gasteiger partial charge on any atom is 0.246 e. The van der Waals surface area contributed by atoms with Crippen molar-refractivity contribution in [3.05, 3.63) is 71.9 Å². The molecule has 2 aromatic carbocycles. The quantitative estimate of drug-likeness (QED) is 0.288. The molecule has 2 saturated heterocycles. The Morgan fingerprint density at radius 3 is 2.38 bits per heavy atom. The Bertz CT molecular complexity index is 1650. The lowest BCUT2D eigenvalue weighted by atomic mass is 9.88. The number of hydrogen-bond acceptors (Lipinski definition) is 6. The van der Waals surface area contributed by atoms with Crippen molar-refractivity contribution in [2.45, 2.75) is 82.1 Å². The Kier molecular flexibility index (Phi) is 10.1. The van der Waals surface area contributed by atoms with E-state index < -0.39 is 53.9 Å². The van der Waals surface area contributed by atoms with Crippen LogP contribution in [0, 0.1) is 5.92 Å². The fraction of sp³-hybridized carbons (Fsp3) is 0.472. The van der Waals surface area contributed by atoms with E-state index in [2.05, 4.69) is 20.9 Å². The average molecular weight is 657 g/mol. The maximum atomic E-state index is 14.3. The first-order valence-electron chi connectivity index (χ1n) is 16.9. The number of aliphatic hydroxyl groups is 1. The molecule has 0 unspecified atom stereocenters. The number of fused-ring (bicyclic) bond motifs is 2. The first-order valence-corrected chi connectivity index (χ1v) is 16.9. The van der Waals surface area contributed by atoms with Crippen LogP contribution < -0.4 is 16.0 Å². The molecule has 12 nitrogen and oxygen atoms in total. The van der Waals surface area contributed by atoms with Gasteiger partial charge >= 0.3 is 0 Å². The summed E-state index contributed by atoms with van der Waals surface area (Å²) in [5.74, 6) is -2.50. The zero-order chi connectivity index (χ0) is 33.8. The van der Waals surface area contributed by atoms with Gasteiger partial charge in [0.2, 0.25) is 29.5 Å². The summed E-state index contributed by atoms with van der Waals surface area (Å²) in [6, 6.07) is 13.1. The van der Waals surface area contributed by atoms with E-state index in [1.807, 2.05) is 54.6 Å². The van der Waals surface area contributed by atoms with Crippen LogP contribution >= 0.6 is 0 Å². The smallest absolute Gasteiger partial charge is 0.246 e. The molecule has 1 aliphatic carbocycles. The molecular weight excluding hydrogens is 612 g/mol. The molecule has 5 N–H and O–H groups in total. The number of benzene rings is 2. The molecule has 0 spiro atoms. The number of nitrogens with one attached hydrogen (secondary N) is 4. The summed E-state index contributed by atoms with van der Waals surface area (Å²) >= 11 is 0. The highest BCUT2D eigenvalue weighted by atomic mass is 16.3. The zero-order valence-corrected chi connectivity index (χ0v) is 27.2. The molecule has 2 aliphatic heterocycles. The molecule has 0 radical (unpaired) electrons. The monoisotopic (exact) mass is 656 g/mol. The summed E-state index contributed by atoms with van der Waals surface area (Å²) in [5.41, 5.74) is 2.42. The molecule has 1 saturated carbocycles. The molecule has 12 heteroatoms. The Balaban J connectivity index is 1.37. The number of aromatic nitrogens is 1. The number of para-hydroxylation sites is 1. The largest absolute Gasteiger partial charge is 0.391 e. The number of carbonyl (C=O) groups is 5. The van der Waals surface area contributed by atoms with Gasteiger partial charge in [0.05, 0.1) is 18.7 Å². The normalized spacial score (nSPS) is 26.7. The first-order chi connectivity index (χ1) is 23.2. The molecule has 5 amide bonds. The number of hydrogen-bond donors (Lipinski definition) is 5. The van der Waals surface area contributed by atoms with E-state index in [9.17, 15) is 29.1 Å². The minimum absolute atomic E-state index is 0.00400. The van der Waals surface area contributed by atoms with Gasteiger partial charge in [0.15, 0.2) is 0 Å². The first kappa shape index (κ1) is 33.2. The van der Waals surface area contributed by atoms with Crippen LogP contribution in [0.15, 0.2) is 60.8 Å². The highest BCUT2D eigenvalue weighted by Crippen LogP contribution is 2.27. The van der Waals surface area contributed by atoms with Crippen molar-refractivity contribution in [2.24, 2.45) is 5.92 Å². The average Bonchev–Trinajstić information content (AvgIpc) is 3.70. The van der Waals surface area contributed by atoms with Crippen molar-refractivity contribution in [3.8, 4) is 0 Å². The van der Waals surface area contributed by atoms with Gasteiger partial charge in [0.25, 0.3) is 0 Å². The second-order valence-corrected chi connectivity index (χ2v) is 13.3. The van der Waals surface area contributed by atoms with E-state index in [0.29, 0.717) is 0 Å². The third-order valence-electron chi connectivity index (χ3n) is 9.87. The van der Waals surface area contributed by atoms with E-state index in [1.165, 1.54) is 9.80 Å². The van der Waals surface area contributed by atoms with Crippen molar-refractivity contribution in [1.82, 2.24) is 30.7 Å². The van der Waals surface area contributed by atoms with Crippen molar-refractivity contribution >= 4 is 40.4 Å². The number of aromatic amines is 1. The lowest BCUT2D eigenvalue weighted by Gasteiger charge is -2.33. The number of carbonyl (C=O) groups excluding carboxylic acids is 5. The molecule has 3 heterocycles. The van der Waals surface area contributed by atoms with Crippen LogP contribution in [0.2, 0.25) is 0 Å². The van der Waals surface area contributed by atoms with Gasteiger partial charge in [-0.2, -0.15) is 0 Å². The van der Waals surface area contributed by atoms with Gasteiger partial charge in [-0.05, 0) is 37.0 Å². The molecule has 3 aliphatic rings. The molecule has 0 bridgehead atoms.